The van der Waals surface area contributed by atoms with Crippen LogP contribution in [0.4, 0.5) is 0 Å². The molecule has 4 saturated carbocycles. The van der Waals surface area contributed by atoms with Gasteiger partial charge >= 0.3 is 5.97 Å². The first-order valence-corrected chi connectivity index (χ1v) is 6.96. The molecule has 0 aromatic rings. The van der Waals surface area contributed by atoms with Gasteiger partial charge in [-0.15, -0.1) is 0 Å². The van der Waals surface area contributed by atoms with Crippen molar-refractivity contribution in [3.63, 3.8) is 0 Å². The van der Waals surface area contributed by atoms with Gasteiger partial charge in [0.05, 0.1) is 0 Å². The van der Waals surface area contributed by atoms with Gasteiger partial charge < -0.3 is 10.8 Å². The molecule has 0 aromatic heterocycles. The minimum absolute atomic E-state index is 0.0414. The number of nitrogens with two attached hydrogens (primary N) is 1. The molecule has 0 aliphatic heterocycles. The Kier molecular flexibility index (Phi) is 2.48. The average molecular weight is 251 g/mol. The predicted octanol–water partition coefficient (Wildman–Crippen LogP) is 1.63. The SMILES string of the molecule is CC(C(N)=O)(C(=O)O)C1C2CC3CC(C2)CC1C3. The number of carbonyl (C=O) groups excluding carboxylic acids is 1. The summed E-state index contributed by atoms with van der Waals surface area (Å²) < 4.78 is 0. The highest BCUT2D eigenvalue weighted by Gasteiger charge is 2.59. The molecule has 1 amide bonds. The molecule has 0 spiro atoms. The second kappa shape index (κ2) is 3.72. The summed E-state index contributed by atoms with van der Waals surface area (Å²) in [7, 11) is 0. The minimum Gasteiger partial charge on any atom is -0.480 e. The van der Waals surface area contributed by atoms with Crippen molar-refractivity contribution >= 4 is 11.9 Å². The fourth-order valence-electron chi connectivity index (χ4n) is 5.28. The van der Waals surface area contributed by atoms with Crippen LogP contribution in [-0.4, -0.2) is 17.0 Å². The van der Waals surface area contributed by atoms with Gasteiger partial charge in [-0.1, -0.05) is 0 Å². The smallest absolute Gasteiger partial charge is 0.319 e. The van der Waals surface area contributed by atoms with Crippen molar-refractivity contribution in [3.8, 4) is 0 Å². The van der Waals surface area contributed by atoms with Crippen molar-refractivity contribution in [3.05, 3.63) is 0 Å². The number of hydrogen-bond acceptors (Lipinski definition) is 2. The van der Waals surface area contributed by atoms with Gasteiger partial charge in [0.2, 0.25) is 5.91 Å². The topological polar surface area (TPSA) is 80.4 Å². The molecule has 0 heterocycles. The molecule has 4 rings (SSSR count). The molecular formula is C14H21NO3. The summed E-state index contributed by atoms with van der Waals surface area (Å²) >= 11 is 0. The maximum Gasteiger partial charge on any atom is 0.319 e. The van der Waals surface area contributed by atoms with E-state index in [0.29, 0.717) is 11.8 Å². The Balaban J connectivity index is 1.96. The number of hydrogen-bond donors (Lipinski definition) is 2. The largest absolute Gasteiger partial charge is 0.480 e. The van der Waals surface area contributed by atoms with Gasteiger partial charge in [0, 0.05) is 0 Å². The highest BCUT2D eigenvalue weighted by Crippen LogP contribution is 2.60. The number of carboxylic acid groups (broad SMARTS) is 1. The lowest BCUT2D eigenvalue weighted by molar-refractivity contribution is -0.170. The molecule has 3 N–H and O–H groups in total. The quantitative estimate of drug-likeness (QED) is 0.748. The standard InChI is InChI=1S/C14H21NO3/c1-14(12(15)16,13(17)18)11-9-3-7-2-8(5-9)6-10(11)4-7/h7-11H,2-6H2,1H3,(H2,15,16)(H,17,18). The maximum atomic E-state index is 11.7. The van der Waals surface area contributed by atoms with Gasteiger partial charge in [-0.3, -0.25) is 9.59 Å². The highest BCUT2D eigenvalue weighted by atomic mass is 16.4. The number of aliphatic carboxylic acids is 1. The molecule has 0 aromatic carbocycles. The number of primary amides is 1. The van der Waals surface area contributed by atoms with E-state index in [1.165, 1.54) is 6.42 Å². The Morgan fingerprint density at radius 1 is 1.06 bits per heavy atom. The molecule has 4 heteroatoms. The lowest BCUT2D eigenvalue weighted by atomic mass is 9.46. The van der Waals surface area contributed by atoms with Crippen LogP contribution < -0.4 is 5.73 Å². The van der Waals surface area contributed by atoms with E-state index < -0.39 is 17.3 Å². The fourth-order valence-corrected chi connectivity index (χ4v) is 5.28. The van der Waals surface area contributed by atoms with Crippen LogP contribution in [0.1, 0.15) is 39.0 Å². The lowest BCUT2D eigenvalue weighted by Crippen LogP contribution is -2.57. The molecule has 4 fully saturated rings. The van der Waals surface area contributed by atoms with Crippen molar-refractivity contribution in [1.29, 1.82) is 0 Å². The van der Waals surface area contributed by atoms with Crippen LogP contribution in [-0.2, 0) is 9.59 Å². The fraction of sp³-hybridized carbons (Fsp3) is 0.857. The van der Waals surface area contributed by atoms with Crippen molar-refractivity contribution in [2.45, 2.75) is 39.0 Å². The van der Waals surface area contributed by atoms with Crippen LogP contribution in [0.3, 0.4) is 0 Å². The van der Waals surface area contributed by atoms with Crippen molar-refractivity contribution < 1.29 is 14.7 Å². The van der Waals surface area contributed by atoms with E-state index >= 15 is 0 Å². The molecular weight excluding hydrogens is 230 g/mol. The van der Waals surface area contributed by atoms with Crippen LogP contribution in [0.5, 0.6) is 0 Å². The van der Waals surface area contributed by atoms with Crippen LogP contribution in [0.25, 0.3) is 0 Å². The summed E-state index contributed by atoms with van der Waals surface area (Å²) in [5.41, 5.74) is 4.06. The van der Waals surface area contributed by atoms with E-state index in [9.17, 15) is 14.7 Å². The van der Waals surface area contributed by atoms with Gasteiger partial charge in [-0.25, -0.2) is 0 Å². The molecule has 4 aliphatic rings. The molecule has 18 heavy (non-hydrogen) atoms. The minimum atomic E-state index is -1.37. The van der Waals surface area contributed by atoms with Crippen molar-refractivity contribution in [2.75, 3.05) is 0 Å². The number of carbonyl (C=O) groups is 2. The van der Waals surface area contributed by atoms with E-state index in [2.05, 4.69) is 0 Å². The third-order valence-corrected chi connectivity index (χ3v) is 5.85. The summed E-state index contributed by atoms with van der Waals surface area (Å²) in [4.78, 5) is 23.3. The van der Waals surface area contributed by atoms with Crippen LogP contribution >= 0.6 is 0 Å². The first-order valence-electron chi connectivity index (χ1n) is 6.96. The second-order valence-electron chi connectivity index (χ2n) is 6.83. The molecule has 1 unspecified atom stereocenters. The second-order valence-corrected chi connectivity index (χ2v) is 6.83. The Labute approximate surface area is 107 Å². The molecule has 0 radical (unpaired) electrons. The van der Waals surface area contributed by atoms with E-state index in [-0.39, 0.29) is 5.92 Å². The molecule has 0 saturated heterocycles. The predicted molar refractivity (Wildman–Crippen MR) is 65.5 cm³/mol. The Morgan fingerprint density at radius 2 is 1.50 bits per heavy atom. The van der Waals surface area contributed by atoms with Crippen molar-refractivity contribution in [2.24, 2.45) is 40.7 Å². The average Bonchev–Trinajstić information content (AvgIpc) is 2.26. The third-order valence-electron chi connectivity index (χ3n) is 5.85. The van der Waals surface area contributed by atoms with E-state index in [0.717, 1.165) is 37.5 Å². The van der Waals surface area contributed by atoms with Gasteiger partial charge in [-0.2, -0.15) is 0 Å². The maximum absolute atomic E-state index is 11.7. The van der Waals surface area contributed by atoms with Crippen LogP contribution in [0, 0.1) is 35.0 Å². The van der Waals surface area contributed by atoms with E-state index in [4.69, 9.17) is 5.73 Å². The summed E-state index contributed by atoms with van der Waals surface area (Å²) in [6, 6.07) is 0. The molecule has 4 aliphatic carbocycles. The zero-order valence-electron chi connectivity index (χ0n) is 10.8. The Bertz CT molecular complexity index is 362. The number of amides is 1. The lowest BCUT2D eigenvalue weighted by Gasteiger charge is -2.57. The molecule has 1 atom stereocenters. The Morgan fingerprint density at radius 3 is 1.83 bits per heavy atom. The first kappa shape index (κ1) is 12.0. The number of carboxylic acids is 1. The van der Waals surface area contributed by atoms with Gasteiger partial charge in [-0.05, 0) is 68.6 Å². The molecule has 100 valence electrons. The van der Waals surface area contributed by atoms with Gasteiger partial charge in [0.15, 0.2) is 0 Å². The van der Waals surface area contributed by atoms with Crippen LogP contribution in [0.15, 0.2) is 0 Å². The Hall–Kier alpha value is -1.06. The number of rotatable bonds is 3. The van der Waals surface area contributed by atoms with Crippen molar-refractivity contribution in [1.82, 2.24) is 0 Å². The van der Waals surface area contributed by atoms with Crippen LogP contribution in [0.2, 0.25) is 0 Å². The third kappa shape index (κ3) is 1.44. The highest BCUT2D eigenvalue weighted by molar-refractivity contribution is 6.01. The zero-order chi connectivity index (χ0) is 13.1. The summed E-state index contributed by atoms with van der Waals surface area (Å²) in [6.45, 7) is 1.55. The summed E-state index contributed by atoms with van der Waals surface area (Å²) in [6.07, 6.45) is 5.74. The zero-order valence-corrected chi connectivity index (χ0v) is 10.8. The van der Waals surface area contributed by atoms with Gasteiger partial charge in [0.1, 0.15) is 5.41 Å². The van der Waals surface area contributed by atoms with E-state index in [1.807, 2.05) is 0 Å². The summed E-state index contributed by atoms with van der Waals surface area (Å²) in [5.74, 6) is 0.606. The normalized spacial score (nSPS) is 44.6. The molecule has 4 bridgehead atoms. The van der Waals surface area contributed by atoms with E-state index in [1.54, 1.807) is 6.92 Å². The van der Waals surface area contributed by atoms with Gasteiger partial charge in [0.25, 0.3) is 0 Å². The monoisotopic (exact) mass is 251 g/mol. The first-order chi connectivity index (χ1) is 8.42. The molecule has 4 nitrogen and oxygen atoms in total. The summed E-state index contributed by atoms with van der Waals surface area (Å²) in [5, 5.41) is 9.49.